The number of furan rings is 1. The third kappa shape index (κ3) is 3.19. The number of carbonyl (C=O) groups is 1. The average Bonchev–Trinajstić information content (AvgIpc) is 3.09. The van der Waals surface area contributed by atoms with Crippen molar-refractivity contribution in [3.05, 3.63) is 83.1 Å². The predicted octanol–water partition coefficient (Wildman–Crippen LogP) is 5.71. The van der Waals surface area contributed by atoms with Gasteiger partial charge in [0.1, 0.15) is 11.5 Å². The molecular formula is C21H15ClN2O2. The Morgan fingerprint density at radius 2 is 1.81 bits per heavy atom. The van der Waals surface area contributed by atoms with Crippen molar-refractivity contribution in [2.24, 2.45) is 0 Å². The van der Waals surface area contributed by atoms with Crippen molar-refractivity contribution in [2.75, 3.05) is 5.32 Å². The lowest BCUT2D eigenvalue weighted by Gasteiger charge is -2.10. The van der Waals surface area contributed by atoms with Gasteiger partial charge in [-0.25, -0.2) is 4.98 Å². The molecule has 128 valence electrons. The van der Waals surface area contributed by atoms with Gasteiger partial charge in [-0.05, 0) is 55.5 Å². The Balaban J connectivity index is 1.79. The van der Waals surface area contributed by atoms with Crippen LogP contribution in [0.2, 0.25) is 5.02 Å². The van der Waals surface area contributed by atoms with Crippen LogP contribution < -0.4 is 5.32 Å². The summed E-state index contributed by atoms with van der Waals surface area (Å²) in [5, 5.41) is 4.31. The SMILES string of the molecule is Cc1ccc(-c2cc(C(=O)Nc3ccc(Cl)cc3)c3ccccc3n2)o1. The van der Waals surface area contributed by atoms with E-state index in [2.05, 4.69) is 10.3 Å². The summed E-state index contributed by atoms with van der Waals surface area (Å²) in [5.74, 6) is 1.21. The molecule has 1 N–H and O–H groups in total. The molecule has 0 radical (unpaired) electrons. The lowest BCUT2D eigenvalue weighted by Crippen LogP contribution is -2.13. The topological polar surface area (TPSA) is 55.1 Å². The number of hydrogen-bond donors (Lipinski definition) is 1. The Kier molecular flexibility index (Phi) is 4.19. The van der Waals surface area contributed by atoms with Crippen LogP contribution in [0.3, 0.4) is 0 Å². The molecule has 5 heteroatoms. The zero-order chi connectivity index (χ0) is 18.1. The van der Waals surface area contributed by atoms with Crippen LogP contribution in [-0.4, -0.2) is 10.9 Å². The van der Waals surface area contributed by atoms with Gasteiger partial charge in [0.05, 0.1) is 11.1 Å². The van der Waals surface area contributed by atoms with Crippen molar-refractivity contribution in [1.82, 2.24) is 4.98 Å². The molecule has 2 heterocycles. The molecule has 26 heavy (non-hydrogen) atoms. The summed E-state index contributed by atoms with van der Waals surface area (Å²) in [5.41, 5.74) is 2.57. The van der Waals surface area contributed by atoms with Crippen molar-refractivity contribution in [2.45, 2.75) is 6.92 Å². The third-order valence-corrected chi connectivity index (χ3v) is 4.31. The summed E-state index contributed by atoms with van der Waals surface area (Å²) < 4.78 is 5.68. The normalized spacial score (nSPS) is 10.8. The number of benzene rings is 2. The number of nitrogens with zero attached hydrogens (tertiary/aromatic N) is 1. The van der Waals surface area contributed by atoms with Gasteiger partial charge in [-0.1, -0.05) is 29.8 Å². The lowest BCUT2D eigenvalue weighted by molar-refractivity contribution is 0.102. The van der Waals surface area contributed by atoms with E-state index in [1.54, 1.807) is 30.3 Å². The summed E-state index contributed by atoms with van der Waals surface area (Å²) in [6.45, 7) is 1.87. The van der Waals surface area contributed by atoms with Gasteiger partial charge in [-0.3, -0.25) is 4.79 Å². The number of carbonyl (C=O) groups excluding carboxylic acids is 1. The fourth-order valence-corrected chi connectivity index (χ4v) is 2.92. The molecule has 0 aliphatic heterocycles. The zero-order valence-corrected chi connectivity index (χ0v) is 14.7. The minimum atomic E-state index is -0.213. The van der Waals surface area contributed by atoms with Crippen molar-refractivity contribution in [3.63, 3.8) is 0 Å². The van der Waals surface area contributed by atoms with E-state index < -0.39 is 0 Å². The van der Waals surface area contributed by atoms with Crippen LogP contribution in [0.4, 0.5) is 5.69 Å². The van der Waals surface area contributed by atoms with E-state index in [4.69, 9.17) is 16.0 Å². The Bertz CT molecular complexity index is 1100. The van der Waals surface area contributed by atoms with E-state index >= 15 is 0 Å². The molecule has 0 fully saturated rings. The van der Waals surface area contributed by atoms with Crippen molar-refractivity contribution < 1.29 is 9.21 Å². The number of amides is 1. The van der Waals surface area contributed by atoms with E-state index in [0.717, 1.165) is 16.7 Å². The highest BCUT2D eigenvalue weighted by Gasteiger charge is 2.15. The van der Waals surface area contributed by atoms with Crippen LogP contribution in [0.5, 0.6) is 0 Å². The van der Waals surface area contributed by atoms with Crippen LogP contribution >= 0.6 is 11.6 Å². The summed E-state index contributed by atoms with van der Waals surface area (Å²) >= 11 is 5.90. The van der Waals surface area contributed by atoms with Gasteiger partial charge in [0.15, 0.2) is 5.76 Å². The highest BCUT2D eigenvalue weighted by Crippen LogP contribution is 2.27. The molecule has 2 aromatic heterocycles. The molecule has 0 aliphatic rings. The van der Waals surface area contributed by atoms with Gasteiger partial charge in [-0.15, -0.1) is 0 Å². The molecule has 0 bridgehead atoms. The minimum absolute atomic E-state index is 0.213. The first kappa shape index (κ1) is 16.4. The maximum absolute atomic E-state index is 12.9. The number of para-hydroxylation sites is 1. The molecule has 0 saturated carbocycles. The summed E-state index contributed by atoms with van der Waals surface area (Å²) in [7, 11) is 0. The molecule has 0 saturated heterocycles. The fourth-order valence-electron chi connectivity index (χ4n) is 2.79. The molecule has 0 atom stereocenters. The smallest absolute Gasteiger partial charge is 0.256 e. The Morgan fingerprint density at radius 3 is 2.54 bits per heavy atom. The van der Waals surface area contributed by atoms with E-state index in [9.17, 15) is 4.79 Å². The van der Waals surface area contributed by atoms with Crippen molar-refractivity contribution in [3.8, 4) is 11.5 Å². The fraction of sp³-hybridized carbons (Fsp3) is 0.0476. The number of aromatic nitrogens is 1. The molecule has 4 aromatic rings. The number of fused-ring (bicyclic) bond motifs is 1. The number of nitrogens with one attached hydrogen (secondary N) is 1. The average molecular weight is 363 g/mol. The first-order valence-electron chi connectivity index (χ1n) is 8.14. The van der Waals surface area contributed by atoms with Crippen molar-refractivity contribution in [1.29, 1.82) is 0 Å². The first-order valence-corrected chi connectivity index (χ1v) is 8.51. The summed E-state index contributed by atoms with van der Waals surface area (Å²) in [6, 6.07) is 20.0. The van der Waals surface area contributed by atoms with E-state index in [0.29, 0.717) is 27.7 Å². The number of halogens is 1. The molecule has 4 nitrogen and oxygen atoms in total. The van der Waals surface area contributed by atoms with Crippen LogP contribution in [0, 0.1) is 6.92 Å². The predicted molar refractivity (Wildman–Crippen MR) is 104 cm³/mol. The third-order valence-electron chi connectivity index (χ3n) is 4.06. The first-order chi connectivity index (χ1) is 12.6. The van der Waals surface area contributed by atoms with Crippen LogP contribution in [0.15, 0.2) is 71.1 Å². The van der Waals surface area contributed by atoms with Crippen molar-refractivity contribution >= 4 is 34.1 Å². The summed E-state index contributed by atoms with van der Waals surface area (Å²) in [4.78, 5) is 17.5. The van der Waals surface area contributed by atoms with E-state index in [1.807, 2.05) is 43.3 Å². The van der Waals surface area contributed by atoms with Gasteiger partial charge in [0.2, 0.25) is 0 Å². The van der Waals surface area contributed by atoms with E-state index in [-0.39, 0.29) is 5.91 Å². The van der Waals surface area contributed by atoms with Crippen LogP contribution in [0.25, 0.3) is 22.4 Å². The number of aryl methyl sites for hydroxylation is 1. The van der Waals surface area contributed by atoms with Crippen LogP contribution in [-0.2, 0) is 0 Å². The standard InChI is InChI=1S/C21H15ClN2O2/c1-13-6-11-20(26-13)19-12-17(16-4-2-3-5-18(16)24-19)21(25)23-15-9-7-14(22)8-10-15/h2-12H,1H3,(H,23,25). The molecule has 1 amide bonds. The van der Waals surface area contributed by atoms with Gasteiger partial charge in [-0.2, -0.15) is 0 Å². The number of pyridine rings is 1. The molecular weight excluding hydrogens is 348 g/mol. The Hall–Kier alpha value is -3.11. The number of hydrogen-bond acceptors (Lipinski definition) is 3. The molecule has 0 spiro atoms. The molecule has 2 aromatic carbocycles. The maximum atomic E-state index is 12.9. The van der Waals surface area contributed by atoms with Crippen LogP contribution in [0.1, 0.15) is 16.1 Å². The second-order valence-electron chi connectivity index (χ2n) is 5.94. The minimum Gasteiger partial charge on any atom is -0.460 e. The quantitative estimate of drug-likeness (QED) is 0.508. The highest BCUT2D eigenvalue weighted by molar-refractivity contribution is 6.30. The van der Waals surface area contributed by atoms with Gasteiger partial charge < -0.3 is 9.73 Å². The van der Waals surface area contributed by atoms with Gasteiger partial charge >= 0.3 is 0 Å². The van der Waals surface area contributed by atoms with E-state index in [1.165, 1.54) is 0 Å². The number of anilines is 1. The molecule has 4 rings (SSSR count). The molecule has 0 unspecified atom stereocenters. The highest BCUT2D eigenvalue weighted by atomic mass is 35.5. The Labute approximate surface area is 155 Å². The zero-order valence-electron chi connectivity index (χ0n) is 14.0. The van der Waals surface area contributed by atoms with Gasteiger partial charge in [0, 0.05) is 16.1 Å². The number of rotatable bonds is 3. The maximum Gasteiger partial charge on any atom is 0.256 e. The van der Waals surface area contributed by atoms with Gasteiger partial charge in [0.25, 0.3) is 5.91 Å². The monoisotopic (exact) mass is 362 g/mol. The Morgan fingerprint density at radius 1 is 1.04 bits per heavy atom. The lowest BCUT2D eigenvalue weighted by atomic mass is 10.1. The summed E-state index contributed by atoms with van der Waals surface area (Å²) in [6.07, 6.45) is 0. The molecule has 0 aliphatic carbocycles. The second-order valence-corrected chi connectivity index (χ2v) is 6.38. The second kappa shape index (κ2) is 6.65. The largest absolute Gasteiger partial charge is 0.460 e.